The van der Waals surface area contributed by atoms with Gasteiger partial charge >= 0.3 is 0 Å². The molecule has 3 heterocycles. The quantitative estimate of drug-likeness (QED) is 0.178. The summed E-state index contributed by atoms with van der Waals surface area (Å²) in [5.41, 5.74) is 9.91. The van der Waals surface area contributed by atoms with E-state index < -0.39 is 0 Å². The van der Waals surface area contributed by atoms with Crippen LogP contribution in [0, 0.1) is 0 Å². The minimum Gasteiger partial charge on any atom is -0.454 e. The number of nitrogens with zero attached hydrogens (tertiary/aromatic N) is 1. The van der Waals surface area contributed by atoms with Gasteiger partial charge in [0.2, 0.25) is 0 Å². The summed E-state index contributed by atoms with van der Waals surface area (Å²) in [5.74, 6) is 0. The minimum atomic E-state index is 0.879. The van der Waals surface area contributed by atoms with Crippen LogP contribution in [0.5, 0.6) is 0 Å². The van der Waals surface area contributed by atoms with Crippen molar-refractivity contribution < 1.29 is 4.42 Å². The van der Waals surface area contributed by atoms with Gasteiger partial charge in [-0.15, -0.1) is 22.7 Å². The number of hydrogen-bond acceptors (Lipinski definition) is 4. The average molecular weight is 700 g/mol. The molecule has 0 amide bonds. The van der Waals surface area contributed by atoms with E-state index in [4.69, 9.17) is 4.42 Å². The topological polar surface area (TPSA) is 16.4 Å². The molecular weight excluding hydrogens is 671 g/mol. The third-order valence-corrected chi connectivity index (χ3v) is 12.8. The van der Waals surface area contributed by atoms with E-state index >= 15 is 0 Å². The van der Waals surface area contributed by atoms with Gasteiger partial charge in [-0.25, -0.2) is 0 Å². The van der Waals surface area contributed by atoms with Crippen LogP contribution in [0.4, 0.5) is 17.1 Å². The molecule has 0 spiro atoms. The zero-order valence-electron chi connectivity index (χ0n) is 27.9. The molecule has 0 N–H and O–H groups in total. The Balaban J connectivity index is 1.19. The Kier molecular flexibility index (Phi) is 6.63. The van der Waals surface area contributed by atoms with Gasteiger partial charge in [0.05, 0.1) is 16.1 Å². The number of anilines is 3. The Morgan fingerprint density at radius 3 is 1.81 bits per heavy atom. The maximum atomic E-state index is 6.73. The highest BCUT2D eigenvalue weighted by atomic mass is 32.1. The molecule has 11 rings (SSSR count). The molecular formula is C48H29NOS2. The Hall–Kier alpha value is -6.20. The smallest absolute Gasteiger partial charge is 0.159 e. The lowest BCUT2D eigenvalue weighted by Crippen LogP contribution is -2.10. The lowest BCUT2D eigenvalue weighted by Gasteiger charge is -2.26. The zero-order valence-corrected chi connectivity index (χ0v) is 29.5. The highest BCUT2D eigenvalue weighted by Gasteiger charge is 2.23. The number of thiophene rings is 2. The molecule has 2 nitrogen and oxygen atoms in total. The first-order valence-electron chi connectivity index (χ1n) is 17.5. The predicted octanol–water partition coefficient (Wildman–Crippen LogP) is 15.1. The largest absolute Gasteiger partial charge is 0.454 e. The van der Waals surface area contributed by atoms with Crippen LogP contribution in [0.25, 0.3) is 84.5 Å². The molecule has 0 bridgehead atoms. The van der Waals surface area contributed by atoms with Gasteiger partial charge in [-0.3, -0.25) is 0 Å². The first kappa shape index (κ1) is 29.5. The van der Waals surface area contributed by atoms with Gasteiger partial charge in [-0.05, 0) is 58.7 Å². The van der Waals surface area contributed by atoms with Gasteiger partial charge in [0.15, 0.2) is 5.58 Å². The van der Waals surface area contributed by atoms with E-state index in [0.29, 0.717) is 0 Å². The summed E-state index contributed by atoms with van der Waals surface area (Å²) in [4.78, 5) is 2.42. The van der Waals surface area contributed by atoms with Crippen molar-refractivity contribution in [3.05, 3.63) is 176 Å². The monoisotopic (exact) mass is 699 g/mol. The van der Waals surface area contributed by atoms with Crippen molar-refractivity contribution >= 4 is 102 Å². The summed E-state index contributed by atoms with van der Waals surface area (Å²) >= 11 is 3.74. The van der Waals surface area contributed by atoms with E-state index in [-0.39, 0.29) is 0 Å². The van der Waals surface area contributed by atoms with Crippen molar-refractivity contribution in [1.29, 1.82) is 0 Å². The van der Waals surface area contributed by atoms with Crippen LogP contribution in [0.15, 0.2) is 180 Å². The number of benzene rings is 8. The highest BCUT2D eigenvalue weighted by Crippen LogP contribution is 2.50. The summed E-state index contributed by atoms with van der Waals surface area (Å²) in [5, 5.41) is 7.37. The van der Waals surface area contributed by atoms with Crippen molar-refractivity contribution in [2.45, 2.75) is 0 Å². The molecule has 0 unspecified atom stereocenters. The SMILES string of the molecule is c1ccc(-c2cccc3c2sc2c(N(c4cccc(-c5cccc6c5sc5ccccc56)c4)c4cccc5c4oc4ccccc45)cccc23)cc1. The number of furan rings is 1. The molecule has 244 valence electrons. The third kappa shape index (κ3) is 4.48. The second kappa shape index (κ2) is 11.7. The van der Waals surface area contributed by atoms with Crippen molar-refractivity contribution in [1.82, 2.24) is 0 Å². The number of fused-ring (bicyclic) bond motifs is 9. The van der Waals surface area contributed by atoms with Crippen LogP contribution in [0.2, 0.25) is 0 Å². The fourth-order valence-corrected chi connectivity index (χ4v) is 10.5. The van der Waals surface area contributed by atoms with Crippen LogP contribution < -0.4 is 4.90 Å². The first-order valence-corrected chi connectivity index (χ1v) is 19.1. The molecule has 0 aliphatic heterocycles. The third-order valence-electron chi connectivity index (χ3n) is 10.3. The Morgan fingerprint density at radius 1 is 0.385 bits per heavy atom. The number of para-hydroxylation sites is 2. The van der Waals surface area contributed by atoms with Gasteiger partial charge in [-0.2, -0.15) is 0 Å². The van der Waals surface area contributed by atoms with Crippen LogP contribution in [-0.2, 0) is 0 Å². The van der Waals surface area contributed by atoms with Crippen LogP contribution in [0.3, 0.4) is 0 Å². The van der Waals surface area contributed by atoms with Gasteiger partial charge in [-0.1, -0.05) is 140 Å². The zero-order chi connectivity index (χ0) is 34.2. The maximum Gasteiger partial charge on any atom is 0.159 e. The van der Waals surface area contributed by atoms with E-state index in [9.17, 15) is 0 Å². The molecule has 0 saturated heterocycles. The van der Waals surface area contributed by atoms with E-state index in [0.717, 1.165) is 39.0 Å². The summed E-state index contributed by atoms with van der Waals surface area (Å²) in [7, 11) is 0. The lowest BCUT2D eigenvalue weighted by atomic mass is 10.0. The van der Waals surface area contributed by atoms with Crippen molar-refractivity contribution in [3.8, 4) is 22.3 Å². The predicted molar refractivity (Wildman–Crippen MR) is 225 cm³/mol. The molecule has 0 aliphatic carbocycles. The molecule has 8 aromatic carbocycles. The molecule has 0 fully saturated rings. The molecule has 11 aromatic rings. The highest BCUT2D eigenvalue weighted by molar-refractivity contribution is 7.27. The van der Waals surface area contributed by atoms with E-state index in [1.165, 1.54) is 62.6 Å². The number of rotatable bonds is 5. The minimum absolute atomic E-state index is 0.879. The molecule has 0 radical (unpaired) electrons. The molecule has 0 saturated carbocycles. The maximum absolute atomic E-state index is 6.73. The van der Waals surface area contributed by atoms with Crippen molar-refractivity contribution in [2.75, 3.05) is 4.90 Å². The summed E-state index contributed by atoms with van der Waals surface area (Å²) in [6.07, 6.45) is 0. The molecule has 0 atom stereocenters. The van der Waals surface area contributed by atoms with Gasteiger partial charge in [0.25, 0.3) is 0 Å². The number of hydrogen-bond donors (Lipinski definition) is 0. The summed E-state index contributed by atoms with van der Waals surface area (Å²) in [6.45, 7) is 0. The van der Waals surface area contributed by atoms with Gasteiger partial charge < -0.3 is 9.32 Å². The Morgan fingerprint density at radius 2 is 0.962 bits per heavy atom. The molecule has 4 heteroatoms. The fraction of sp³-hybridized carbons (Fsp3) is 0. The van der Waals surface area contributed by atoms with Crippen molar-refractivity contribution in [3.63, 3.8) is 0 Å². The average Bonchev–Trinajstić information content (AvgIpc) is 3.91. The Bertz CT molecular complexity index is 3150. The van der Waals surface area contributed by atoms with E-state index in [2.05, 4.69) is 175 Å². The van der Waals surface area contributed by atoms with Gasteiger partial charge in [0.1, 0.15) is 5.58 Å². The van der Waals surface area contributed by atoms with Crippen LogP contribution in [0.1, 0.15) is 0 Å². The Labute approximate surface area is 308 Å². The van der Waals surface area contributed by atoms with E-state index in [1.807, 2.05) is 28.7 Å². The van der Waals surface area contributed by atoms with Gasteiger partial charge in [0, 0.05) is 52.1 Å². The summed E-state index contributed by atoms with van der Waals surface area (Å²) < 4.78 is 11.9. The second-order valence-corrected chi connectivity index (χ2v) is 15.3. The normalized spacial score (nSPS) is 11.8. The van der Waals surface area contributed by atoms with Crippen molar-refractivity contribution in [2.24, 2.45) is 0 Å². The lowest BCUT2D eigenvalue weighted by molar-refractivity contribution is 0.669. The second-order valence-electron chi connectivity index (χ2n) is 13.2. The fourth-order valence-electron chi connectivity index (χ4n) is 7.93. The molecule has 3 aromatic heterocycles. The molecule has 0 aliphatic rings. The summed E-state index contributed by atoms with van der Waals surface area (Å²) in [6, 6.07) is 63.5. The first-order chi connectivity index (χ1) is 25.8. The standard InChI is InChI=1S/C48H29NOS2/c1-2-13-30(14-3-1)33-19-9-23-39-40-24-12-26-42(48(40)52-47(33)39)49(41-25-11-21-37-35-17-4-6-27-43(35)50-45(37)41)32-16-8-15-31(29-32)34-20-10-22-38-36-18-5-7-28-44(36)51-46(34)38/h1-29H. The van der Waals surface area contributed by atoms with E-state index in [1.54, 1.807) is 0 Å². The van der Waals surface area contributed by atoms with Crippen LogP contribution >= 0.6 is 22.7 Å². The van der Waals surface area contributed by atoms with Crippen LogP contribution in [-0.4, -0.2) is 0 Å². The molecule has 52 heavy (non-hydrogen) atoms.